The number of benzene rings is 3. The first-order valence-corrected chi connectivity index (χ1v) is 15.1. The average Bonchev–Trinajstić information content (AvgIpc) is 3.03. The van der Waals surface area contributed by atoms with Gasteiger partial charge < -0.3 is 33.9 Å². The fourth-order valence-corrected chi connectivity index (χ4v) is 5.27. The van der Waals surface area contributed by atoms with E-state index in [0.29, 0.717) is 56.4 Å². The molecule has 1 saturated heterocycles. The van der Waals surface area contributed by atoms with Crippen LogP contribution in [0.4, 0.5) is 4.79 Å². The van der Waals surface area contributed by atoms with E-state index in [4.69, 9.17) is 23.7 Å². The van der Waals surface area contributed by atoms with Crippen LogP contribution < -0.4 is 24.3 Å². The van der Waals surface area contributed by atoms with Crippen LogP contribution >= 0.6 is 0 Å². The highest BCUT2D eigenvalue weighted by Crippen LogP contribution is 2.40. The van der Waals surface area contributed by atoms with E-state index < -0.39 is 12.1 Å². The molecule has 1 aliphatic rings. The molecule has 45 heavy (non-hydrogen) atoms. The summed E-state index contributed by atoms with van der Waals surface area (Å²) in [4.78, 5) is 30.8. The minimum Gasteiger partial charge on any atom is -0.493 e. The lowest BCUT2D eigenvalue weighted by Crippen LogP contribution is -2.55. The van der Waals surface area contributed by atoms with E-state index in [0.717, 1.165) is 22.4 Å². The van der Waals surface area contributed by atoms with E-state index >= 15 is 0 Å². The van der Waals surface area contributed by atoms with Crippen molar-refractivity contribution in [1.29, 1.82) is 0 Å². The van der Waals surface area contributed by atoms with Gasteiger partial charge in [0.15, 0.2) is 11.5 Å². The number of nitrogens with zero attached hydrogens (tertiary/aromatic N) is 2. The summed E-state index contributed by atoms with van der Waals surface area (Å²) in [6.45, 7) is 9.07. The number of alkyl carbamates (subject to hydrolysis) is 1. The number of ether oxygens (including phenoxy) is 5. The molecule has 0 radical (unpaired) electrons. The highest BCUT2D eigenvalue weighted by molar-refractivity contribution is 5.86. The van der Waals surface area contributed by atoms with Crippen LogP contribution in [-0.4, -0.2) is 81.0 Å². The van der Waals surface area contributed by atoms with Crippen LogP contribution in [0.15, 0.2) is 66.7 Å². The molecule has 0 aromatic heterocycles. The maximum atomic E-state index is 13.8. The molecule has 3 aromatic rings. The molecule has 10 nitrogen and oxygen atoms in total. The summed E-state index contributed by atoms with van der Waals surface area (Å²) in [5, 5.41) is 2.84. The van der Waals surface area contributed by atoms with E-state index in [2.05, 4.69) is 10.2 Å². The molecular formula is C35H45N3O7. The SMILES string of the molecule is COc1ccc(CN2CCN(C(=O)[C@H](Cc3ccc(OC(C)(C)C)cc3)NC(=O)OCc3ccccc3)CC2)c(OC)c1OC. The van der Waals surface area contributed by atoms with Crippen LogP contribution in [0.5, 0.6) is 23.0 Å². The Morgan fingerprint density at radius 2 is 1.47 bits per heavy atom. The lowest BCUT2D eigenvalue weighted by atomic mass is 10.0. The topological polar surface area (TPSA) is 98.8 Å². The summed E-state index contributed by atoms with van der Waals surface area (Å²) < 4.78 is 28.0. The third-order valence-electron chi connectivity index (χ3n) is 7.45. The summed E-state index contributed by atoms with van der Waals surface area (Å²) in [6.07, 6.45) is -0.318. The van der Waals surface area contributed by atoms with Gasteiger partial charge in [-0.05, 0) is 50.1 Å². The van der Waals surface area contributed by atoms with Crippen LogP contribution in [0.2, 0.25) is 0 Å². The van der Waals surface area contributed by atoms with Gasteiger partial charge in [-0.2, -0.15) is 0 Å². The second-order valence-corrected chi connectivity index (χ2v) is 11.9. The summed E-state index contributed by atoms with van der Waals surface area (Å²) in [6, 6.07) is 20.1. The normalized spacial score (nSPS) is 14.3. The predicted molar refractivity (Wildman–Crippen MR) is 172 cm³/mol. The van der Waals surface area contributed by atoms with Crippen LogP contribution in [0, 0.1) is 0 Å². The fourth-order valence-electron chi connectivity index (χ4n) is 5.27. The summed E-state index contributed by atoms with van der Waals surface area (Å²) in [5.41, 5.74) is 2.41. The molecule has 0 spiro atoms. The van der Waals surface area contributed by atoms with Crippen molar-refractivity contribution in [2.24, 2.45) is 0 Å². The molecule has 1 heterocycles. The molecule has 0 unspecified atom stereocenters. The van der Waals surface area contributed by atoms with E-state index in [1.165, 1.54) is 0 Å². The quantitative estimate of drug-likeness (QED) is 0.300. The van der Waals surface area contributed by atoms with Gasteiger partial charge in [-0.25, -0.2) is 4.79 Å². The molecule has 1 aliphatic heterocycles. The predicted octanol–water partition coefficient (Wildman–Crippen LogP) is 5.07. The number of amides is 2. The van der Waals surface area contributed by atoms with Crippen molar-refractivity contribution >= 4 is 12.0 Å². The van der Waals surface area contributed by atoms with Crippen molar-refractivity contribution in [3.63, 3.8) is 0 Å². The van der Waals surface area contributed by atoms with Crippen LogP contribution in [0.3, 0.4) is 0 Å². The van der Waals surface area contributed by atoms with E-state index in [1.807, 2.05) is 92.4 Å². The van der Waals surface area contributed by atoms with Gasteiger partial charge >= 0.3 is 6.09 Å². The Morgan fingerprint density at radius 3 is 2.07 bits per heavy atom. The molecule has 3 aromatic carbocycles. The first kappa shape index (κ1) is 33.5. The zero-order valence-electron chi connectivity index (χ0n) is 27.1. The molecule has 0 bridgehead atoms. The Balaban J connectivity index is 1.42. The fraction of sp³-hybridized carbons (Fsp3) is 0.429. The molecule has 0 aliphatic carbocycles. The molecule has 242 valence electrons. The number of methoxy groups -OCH3 is 3. The number of carbonyl (C=O) groups excluding carboxylic acids is 2. The Hall–Kier alpha value is -4.44. The van der Waals surface area contributed by atoms with Crippen molar-refractivity contribution < 1.29 is 33.3 Å². The van der Waals surface area contributed by atoms with Gasteiger partial charge in [0.1, 0.15) is 24.0 Å². The number of rotatable bonds is 12. The first-order valence-electron chi connectivity index (χ1n) is 15.1. The van der Waals surface area contributed by atoms with Gasteiger partial charge in [0.2, 0.25) is 11.7 Å². The third kappa shape index (κ3) is 9.52. The molecule has 1 fully saturated rings. The third-order valence-corrected chi connectivity index (χ3v) is 7.45. The van der Waals surface area contributed by atoms with Gasteiger partial charge in [-0.15, -0.1) is 0 Å². The minimum absolute atomic E-state index is 0.116. The number of piperazine rings is 1. The number of carbonyl (C=O) groups is 2. The van der Waals surface area contributed by atoms with Gasteiger partial charge in [-0.3, -0.25) is 9.69 Å². The molecular weight excluding hydrogens is 574 g/mol. The highest BCUT2D eigenvalue weighted by atomic mass is 16.5. The van der Waals surface area contributed by atoms with Gasteiger partial charge in [0, 0.05) is 44.7 Å². The minimum atomic E-state index is -0.792. The second-order valence-electron chi connectivity index (χ2n) is 11.9. The monoisotopic (exact) mass is 619 g/mol. The summed E-state index contributed by atoms with van der Waals surface area (Å²) in [7, 11) is 4.79. The van der Waals surface area contributed by atoms with E-state index in [9.17, 15) is 9.59 Å². The van der Waals surface area contributed by atoms with Crippen LogP contribution in [0.1, 0.15) is 37.5 Å². The largest absolute Gasteiger partial charge is 0.493 e. The molecule has 1 N–H and O–H groups in total. The summed E-state index contributed by atoms with van der Waals surface area (Å²) in [5.74, 6) is 2.38. The van der Waals surface area contributed by atoms with E-state index in [-0.39, 0.29) is 18.1 Å². The zero-order valence-corrected chi connectivity index (χ0v) is 27.1. The molecule has 0 saturated carbocycles. The Bertz CT molecular complexity index is 1400. The van der Waals surface area contributed by atoms with Crippen molar-refractivity contribution in [3.05, 3.63) is 83.4 Å². The van der Waals surface area contributed by atoms with Crippen molar-refractivity contribution in [1.82, 2.24) is 15.1 Å². The van der Waals surface area contributed by atoms with Crippen molar-refractivity contribution in [2.45, 2.75) is 52.0 Å². The number of nitrogens with one attached hydrogen (secondary N) is 1. The standard InChI is InChI=1S/C35H45N3O7/c1-35(2,3)45-28-15-12-25(13-16-28)22-29(36-34(40)44-24-26-10-8-7-9-11-26)33(39)38-20-18-37(19-21-38)23-27-14-17-30(41-4)32(43-6)31(27)42-5/h7-17,29H,18-24H2,1-6H3,(H,36,40)/t29-/m0/s1. The van der Waals surface area contributed by atoms with Gasteiger partial charge in [0.25, 0.3) is 0 Å². The van der Waals surface area contributed by atoms with Gasteiger partial charge in [0.05, 0.1) is 21.3 Å². The smallest absolute Gasteiger partial charge is 0.408 e. The lowest BCUT2D eigenvalue weighted by Gasteiger charge is -2.36. The summed E-state index contributed by atoms with van der Waals surface area (Å²) >= 11 is 0. The molecule has 2 amide bonds. The average molecular weight is 620 g/mol. The lowest BCUT2D eigenvalue weighted by molar-refractivity contribution is -0.135. The zero-order chi connectivity index (χ0) is 32.4. The highest BCUT2D eigenvalue weighted by Gasteiger charge is 2.30. The number of hydrogen-bond donors (Lipinski definition) is 1. The Morgan fingerprint density at radius 1 is 0.800 bits per heavy atom. The second kappa shape index (κ2) is 15.5. The Labute approximate surface area is 266 Å². The van der Waals surface area contributed by atoms with Crippen molar-refractivity contribution in [2.75, 3.05) is 47.5 Å². The van der Waals surface area contributed by atoms with Gasteiger partial charge in [-0.1, -0.05) is 48.5 Å². The number of hydrogen-bond acceptors (Lipinski definition) is 8. The molecule has 1 atom stereocenters. The van der Waals surface area contributed by atoms with Crippen LogP contribution in [0.25, 0.3) is 0 Å². The van der Waals surface area contributed by atoms with Crippen molar-refractivity contribution in [3.8, 4) is 23.0 Å². The molecule has 10 heteroatoms. The van der Waals surface area contributed by atoms with E-state index in [1.54, 1.807) is 21.3 Å². The first-order chi connectivity index (χ1) is 21.6. The maximum absolute atomic E-state index is 13.8. The Kier molecular flexibility index (Phi) is 11.5. The van der Waals surface area contributed by atoms with Crippen LogP contribution in [-0.2, 0) is 29.1 Å². The maximum Gasteiger partial charge on any atom is 0.408 e. The molecule has 4 rings (SSSR count).